The Labute approximate surface area is 130 Å². The standard InChI is InChI=1S/C15H12N4S2/c16-9-11-3-5-12(6-4-11)10-21-15-17-14(18-19-15)8-13-2-1-7-20-13/h1-7H,8,10H2,(H,17,18,19). The Morgan fingerprint density at radius 3 is 2.81 bits per heavy atom. The maximum absolute atomic E-state index is 8.77. The number of hydrogen-bond acceptors (Lipinski definition) is 5. The van der Waals surface area contributed by atoms with E-state index in [9.17, 15) is 0 Å². The highest BCUT2D eigenvalue weighted by atomic mass is 32.2. The molecule has 6 heteroatoms. The minimum Gasteiger partial charge on any atom is -0.262 e. The Balaban J connectivity index is 1.58. The lowest BCUT2D eigenvalue weighted by molar-refractivity contribution is 0.960. The predicted octanol–water partition coefficient (Wildman–Crippen LogP) is 3.62. The van der Waals surface area contributed by atoms with Crippen molar-refractivity contribution in [2.45, 2.75) is 17.3 Å². The van der Waals surface area contributed by atoms with Gasteiger partial charge in [-0.15, -0.1) is 16.4 Å². The fourth-order valence-corrected chi connectivity index (χ4v) is 3.31. The van der Waals surface area contributed by atoms with Gasteiger partial charge in [-0.05, 0) is 29.1 Å². The van der Waals surface area contributed by atoms with Gasteiger partial charge in [0.25, 0.3) is 0 Å². The number of hydrogen-bond donors (Lipinski definition) is 1. The van der Waals surface area contributed by atoms with E-state index < -0.39 is 0 Å². The van der Waals surface area contributed by atoms with Gasteiger partial charge in [0.1, 0.15) is 5.82 Å². The van der Waals surface area contributed by atoms with Crippen molar-refractivity contribution >= 4 is 23.1 Å². The van der Waals surface area contributed by atoms with Crippen LogP contribution < -0.4 is 0 Å². The Morgan fingerprint density at radius 2 is 2.10 bits per heavy atom. The van der Waals surface area contributed by atoms with Crippen molar-refractivity contribution in [2.24, 2.45) is 0 Å². The van der Waals surface area contributed by atoms with Crippen LogP contribution in [0.2, 0.25) is 0 Å². The number of thioether (sulfide) groups is 1. The molecule has 0 saturated heterocycles. The highest BCUT2D eigenvalue weighted by molar-refractivity contribution is 7.98. The Morgan fingerprint density at radius 1 is 1.24 bits per heavy atom. The zero-order chi connectivity index (χ0) is 14.5. The maximum Gasteiger partial charge on any atom is 0.208 e. The summed E-state index contributed by atoms with van der Waals surface area (Å²) in [5.41, 5.74) is 1.84. The van der Waals surface area contributed by atoms with Crippen LogP contribution in [0.1, 0.15) is 21.8 Å². The van der Waals surface area contributed by atoms with Gasteiger partial charge in [0.2, 0.25) is 5.16 Å². The van der Waals surface area contributed by atoms with E-state index in [0.29, 0.717) is 5.56 Å². The smallest absolute Gasteiger partial charge is 0.208 e. The molecule has 0 spiro atoms. The minimum atomic E-state index is 0.680. The van der Waals surface area contributed by atoms with Crippen LogP contribution in [0.25, 0.3) is 0 Å². The fraction of sp³-hybridized carbons (Fsp3) is 0.133. The van der Waals surface area contributed by atoms with E-state index in [1.165, 1.54) is 4.88 Å². The zero-order valence-corrected chi connectivity index (χ0v) is 12.7. The molecule has 0 fully saturated rings. The third kappa shape index (κ3) is 3.72. The first-order valence-electron chi connectivity index (χ1n) is 6.39. The number of nitrogens with one attached hydrogen (secondary N) is 1. The number of benzene rings is 1. The lowest BCUT2D eigenvalue weighted by atomic mass is 10.2. The van der Waals surface area contributed by atoms with Crippen molar-refractivity contribution in [3.05, 3.63) is 63.6 Å². The van der Waals surface area contributed by atoms with Gasteiger partial charge < -0.3 is 0 Å². The third-order valence-corrected chi connectivity index (χ3v) is 4.68. The molecule has 0 aliphatic carbocycles. The van der Waals surface area contributed by atoms with Crippen LogP contribution in [0.15, 0.2) is 46.9 Å². The van der Waals surface area contributed by atoms with Gasteiger partial charge in [-0.1, -0.05) is 30.0 Å². The summed E-state index contributed by atoms with van der Waals surface area (Å²) in [5, 5.41) is 18.8. The highest BCUT2D eigenvalue weighted by Gasteiger charge is 2.06. The van der Waals surface area contributed by atoms with Crippen molar-refractivity contribution in [1.82, 2.24) is 15.2 Å². The molecule has 0 saturated carbocycles. The molecule has 0 amide bonds. The van der Waals surface area contributed by atoms with E-state index in [0.717, 1.165) is 28.7 Å². The van der Waals surface area contributed by atoms with Crippen LogP contribution in [0.3, 0.4) is 0 Å². The van der Waals surface area contributed by atoms with Crippen molar-refractivity contribution in [2.75, 3.05) is 0 Å². The average molecular weight is 312 g/mol. The fourth-order valence-electron chi connectivity index (χ4n) is 1.82. The van der Waals surface area contributed by atoms with E-state index in [4.69, 9.17) is 5.26 Å². The molecule has 1 N–H and O–H groups in total. The summed E-state index contributed by atoms with van der Waals surface area (Å²) in [6.45, 7) is 0. The molecule has 21 heavy (non-hydrogen) atoms. The second kappa shape index (κ2) is 6.57. The van der Waals surface area contributed by atoms with Gasteiger partial charge in [-0.3, -0.25) is 5.10 Å². The SMILES string of the molecule is N#Cc1ccc(CSc2n[nH]c(Cc3cccs3)n2)cc1. The summed E-state index contributed by atoms with van der Waals surface area (Å²) in [4.78, 5) is 5.76. The monoisotopic (exact) mass is 312 g/mol. The molecule has 0 unspecified atom stereocenters. The Kier molecular flexibility index (Phi) is 4.34. The van der Waals surface area contributed by atoms with Gasteiger partial charge in [-0.2, -0.15) is 5.26 Å². The summed E-state index contributed by atoms with van der Waals surface area (Å²) in [5.74, 6) is 1.68. The molecular weight excluding hydrogens is 300 g/mol. The van der Waals surface area contributed by atoms with Crippen LogP contribution in [-0.4, -0.2) is 15.2 Å². The second-order valence-corrected chi connectivity index (χ2v) is 6.39. The Bertz CT molecular complexity index is 739. The number of aromatic nitrogens is 3. The van der Waals surface area contributed by atoms with Crippen molar-refractivity contribution in [3.63, 3.8) is 0 Å². The molecule has 0 bridgehead atoms. The number of nitriles is 1. The molecule has 3 rings (SSSR count). The molecular formula is C15H12N4S2. The van der Waals surface area contributed by atoms with E-state index in [1.807, 2.05) is 30.3 Å². The van der Waals surface area contributed by atoms with Gasteiger partial charge >= 0.3 is 0 Å². The number of aromatic amines is 1. The third-order valence-electron chi connectivity index (χ3n) is 2.88. The van der Waals surface area contributed by atoms with Gasteiger partial charge in [0, 0.05) is 17.1 Å². The van der Waals surface area contributed by atoms with Crippen LogP contribution in [0.5, 0.6) is 0 Å². The quantitative estimate of drug-likeness (QED) is 0.731. The molecule has 1 aromatic carbocycles. The molecule has 0 radical (unpaired) electrons. The average Bonchev–Trinajstić information content (AvgIpc) is 3.18. The van der Waals surface area contributed by atoms with E-state index >= 15 is 0 Å². The van der Waals surface area contributed by atoms with Crippen molar-refractivity contribution in [3.8, 4) is 6.07 Å². The van der Waals surface area contributed by atoms with Crippen molar-refractivity contribution in [1.29, 1.82) is 5.26 Å². The molecule has 2 aromatic heterocycles. The summed E-state index contributed by atoms with van der Waals surface area (Å²) in [6, 6.07) is 13.8. The molecule has 104 valence electrons. The lowest BCUT2D eigenvalue weighted by Crippen LogP contribution is -1.87. The first-order chi connectivity index (χ1) is 10.3. The molecule has 4 nitrogen and oxygen atoms in total. The van der Waals surface area contributed by atoms with Crippen LogP contribution in [0, 0.1) is 11.3 Å². The lowest BCUT2D eigenvalue weighted by Gasteiger charge is -1.98. The summed E-state index contributed by atoms with van der Waals surface area (Å²) in [6.07, 6.45) is 0.794. The minimum absolute atomic E-state index is 0.680. The summed E-state index contributed by atoms with van der Waals surface area (Å²) in [7, 11) is 0. The Hall–Kier alpha value is -2.10. The molecule has 2 heterocycles. The zero-order valence-electron chi connectivity index (χ0n) is 11.1. The van der Waals surface area contributed by atoms with Gasteiger partial charge in [0.05, 0.1) is 11.6 Å². The number of H-pyrrole nitrogens is 1. The number of thiophene rings is 1. The molecule has 0 aliphatic heterocycles. The predicted molar refractivity (Wildman–Crippen MR) is 84.2 cm³/mol. The van der Waals surface area contributed by atoms with Crippen LogP contribution in [-0.2, 0) is 12.2 Å². The normalized spacial score (nSPS) is 10.4. The molecule has 0 atom stereocenters. The first kappa shape index (κ1) is 13.9. The second-order valence-electron chi connectivity index (χ2n) is 4.42. The highest BCUT2D eigenvalue weighted by Crippen LogP contribution is 2.20. The van der Waals surface area contributed by atoms with Gasteiger partial charge in [-0.25, -0.2) is 4.98 Å². The largest absolute Gasteiger partial charge is 0.262 e. The molecule has 3 aromatic rings. The molecule has 0 aliphatic rings. The van der Waals surface area contributed by atoms with E-state index in [-0.39, 0.29) is 0 Å². The van der Waals surface area contributed by atoms with Crippen molar-refractivity contribution < 1.29 is 0 Å². The summed E-state index contributed by atoms with van der Waals surface area (Å²) >= 11 is 3.31. The topological polar surface area (TPSA) is 65.4 Å². The van der Waals surface area contributed by atoms with E-state index in [1.54, 1.807) is 23.1 Å². The first-order valence-corrected chi connectivity index (χ1v) is 8.25. The van der Waals surface area contributed by atoms with E-state index in [2.05, 4.69) is 32.7 Å². The van der Waals surface area contributed by atoms with Crippen LogP contribution in [0.4, 0.5) is 0 Å². The summed E-state index contributed by atoms with van der Waals surface area (Å²) < 4.78 is 0. The van der Waals surface area contributed by atoms with Crippen LogP contribution >= 0.6 is 23.1 Å². The number of nitrogens with zero attached hydrogens (tertiary/aromatic N) is 3. The maximum atomic E-state index is 8.77. The van der Waals surface area contributed by atoms with Gasteiger partial charge in [0.15, 0.2) is 0 Å². The number of rotatable bonds is 5.